The van der Waals surface area contributed by atoms with Crippen LogP contribution in [0.15, 0.2) is 91.0 Å². The molecule has 3 aromatic rings. The van der Waals surface area contributed by atoms with Crippen LogP contribution >= 0.6 is 7.92 Å². The van der Waals surface area contributed by atoms with E-state index in [1.165, 1.54) is 16.2 Å². The predicted octanol–water partition coefficient (Wildman–Crippen LogP) is 4.47. The van der Waals surface area contributed by atoms with Gasteiger partial charge in [-0.2, -0.15) is 0 Å². The molecule has 0 aromatic heterocycles. The zero-order valence-corrected chi connectivity index (χ0v) is 15.2. The zero-order chi connectivity index (χ0) is 16.8. The molecule has 0 radical (unpaired) electrons. The predicted molar refractivity (Wildman–Crippen MR) is 107 cm³/mol. The average molecular weight is 333 g/mol. The van der Waals surface area contributed by atoms with E-state index in [-0.39, 0.29) is 0 Å². The van der Waals surface area contributed by atoms with Crippen molar-refractivity contribution in [3.63, 3.8) is 0 Å². The molecule has 3 aromatic carbocycles. The highest BCUT2D eigenvalue weighted by Crippen LogP contribution is 2.51. The summed E-state index contributed by atoms with van der Waals surface area (Å²) in [6.07, 6.45) is 0. The Morgan fingerprint density at radius 2 is 1.08 bits per heavy atom. The van der Waals surface area contributed by atoms with Crippen LogP contribution in [-0.2, 0) is 0 Å². The van der Waals surface area contributed by atoms with Gasteiger partial charge >= 0.3 is 0 Å². The van der Waals surface area contributed by atoms with Crippen molar-refractivity contribution in [2.24, 2.45) is 0 Å². The summed E-state index contributed by atoms with van der Waals surface area (Å²) in [6, 6.07) is 33.2. The molecule has 24 heavy (non-hydrogen) atoms. The fourth-order valence-electron chi connectivity index (χ4n) is 3.12. The van der Waals surface area contributed by atoms with Crippen molar-refractivity contribution in [1.29, 1.82) is 0 Å². The molecule has 0 aliphatic heterocycles. The fourth-order valence-corrected chi connectivity index (χ4v) is 6.11. The molecule has 0 spiro atoms. The van der Waals surface area contributed by atoms with Crippen LogP contribution in [0.1, 0.15) is 18.1 Å². The van der Waals surface area contributed by atoms with E-state index in [0.29, 0.717) is 11.7 Å². The van der Waals surface area contributed by atoms with Gasteiger partial charge in [0.05, 0.1) is 0 Å². The Balaban J connectivity index is 2.14. The summed E-state index contributed by atoms with van der Waals surface area (Å²) in [5.41, 5.74) is 1.83. The first-order chi connectivity index (χ1) is 11.8. The molecule has 0 saturated carbocycles. The minimum absolute atomic E-state index is 0.388. The minimum atomic E-state index is -0.498. The van der Waals surface area contributed by atoms with E-state index in [9.17, 15) is 0 Å². The molecule has 0 aliphatic carbocycles. The maximum Gasteiger partial charge on any atom is 0.0273 e. The quantitative estimate of drug-likeness (QED) is 0.656. The lowest BCUT2D eigenvalue weighted by atomic mass is 10.1. The molecule has 122 valence electrons. The molecule has 0 heterocycles. The molecular weight excluding hydrogens is 309 g/mol. The summed E-state index contributed by atoms with van der Waals surface area (Å²) >= 11 is 0. The van der Waals surface area contributed by atoms with Gasteiger partial charge in [-0.05, 0) is 38.1 Å². The first kappa shape index (κ1) is 16.9. The Morgan fingerprint density at radius 3 is 1.50 bits per heavy atom. The van der Waals surface area contributed by atoms with Crippen LogP contribution in [-0.4, -0.2) is 13.1 Å². The van der Waals surface area contributed by atoms with Crippen molar-refractivity contribution < 1.29 is 0 Å². The van der Waals surface area contributed by atoms with Gasteiger partial charge in [0.15, 0.2) is 0 Å². The molecule has 0 aliphatic rings. The number of benzene rings is 3. The maximum atomic E-state index is 3.50. The van der Waals surface area contributed by atoms with E-state index in [0.717, 1.165) is 0 Å². The van der Waals surface area contributed by atoms with E-state index in [1.807, 2.05) is 0 Å². The van der Waals surface area contributed by atoms with Gasteiger partial charge in [0.25, 0.3) is 0 Å². The van der Waals surface area contributed by atoms with Gasteiger partial charge in [0.2, 0.25) is 0 Å². The lowest BCUT2D eigenvalue weighted by Crippen LogP contribution is -2.32. The highest BCUT2D eigenvalue weighted by Gasteiger charge is 2.29. The van der Waals surface area contributed by atoms with Crippen molar-refractivity contribution >= 4 is 18.5 Å². The Bertz CT molecular complexity index is 688. The molecule has 2 heteroatoms. The third-order valence-electron chi connectivity index (χ3n) is 4.42. The molecule has 0 bridgehead atoms. The van der Waals surface area contributed by atoms with E-state index in [4.69, 9.17) is 0 Å². The highest BCUT2D eigenvalue weighted by atomic mass is 31.1. The third-order valence-corrected chi connectivity index (χ3v) is 7.43. The summed E-state index contributed by atoms with van der Waals surface area (Å²) < 4.78 is 0. The summed E-state index contributed by atoms with van der Waals surface area (Å²) in [5.74, 6) is 0. The monoisotopic (exact) mass is 333 g/mol. The van der Waals surface area contributed by atoms with E-state index in [1.54, 1.807) is 0 Å². The number of nitrogens with one attached hydrogen (secondary N) is 1. The lowest BCUT2D eigenvalue weighted by molar-refractivity contribution is 0.594. The van der Waals surface area contributed by atoms with Crippen LogP contribution in [0, 0.1) is 0 Å². The highest BCUT2D eigenvalue weighted by molar-refractivity contribution is 7.73. The van der Waals surface area contributed by atoms with Crippen molar-refractivity contribution in [1.82, 2.24) is 5.32 Å². The van der Waals surface area contributed by atoms with Crippen LogP contribution < -0.4 is 15.9 Å². The third kappa shape index (κ3) is 3.75. The van der Waals surface area contributed by atoms with Crippen molar-refractivity contribution in [2.45, 2.75) is 18.6 Å². The molecule has 1 N–H and O–H groups in total. The summed E-state index contributed by atoms with van der Waals surface area (Å²) in [6.45, 7) is 2.29. The number of hydrogen-bond donors (Lipinski definition) is 1. The number of likely N-dealkylation sites (N-methyl/N-ethyl adjacent to an activating group) is 1. The van der Waals surface area contributed by atoms with Crippen LogP contribution in [0.5, 0.6) is 0 Å². The standard InChI is InChI=1S/C22H24NP/c1-18(23-2)22(19-12-6-3-7-13-19)24(20-14-8-4-9-15-20)21-16-10-5-11-17-21/h3-18,22-23H,1-2H3/t18-,22+/m1/s1. The van der Waals surface area contributed by atoms with Gasteiger partial charge in [-0.3, -0.25) is 0 Å². The molecule has 3 rings (SSSR count). The molecule has 0 unspecified atom stereocenters. The Morgan fingerprint density at radius 1 is 0.667 bits per heavy atom. The minimum Gasteiger partial charge on any atom is -0.316 e. The van der Waals surface area contributed by atoms with Crippen LogP contribution in [0.3, 0.4) is 0 Å². The number of hydrogen-bond acceptors (Lipinski definition) is 1. The van der Waals surface area contributed by atoms with Crippen molar-refractivity contribution in [3.05, 3.63) is 96.6 Å². The molecular formula is C22H24NP. The summed E-state index contributed by atoms with van der Waals surface area (Å²) in [5, 5.41) is 6.35. The molecule has 2 atom stereocenters. The van der Waals surface area contributed by atoms with Crippen LogP contribution in [0.25, 0.3) is 0 Å². The Hall–Kier alpha value is -1.95. The second-order valence-electron chi connectivity index (χ2n) is 5.97. The van der Waals surface area contributed by atoms with Gasteiger partial charge in [-0.1, -0.05) is 91.0 Å². The van der Waals surface area contributed by atoms with Crippen molar-refractivity contribution in [2.75, 3.05) is 7.05 Å². The molecule has 0 fully saturated rings. The Kier molecular flexibility index (Phi) is 5.80. The second-order valence-corrected chi connectivity index (χ2v) is 8.30. The van der Waals surface area contributed by atoms with E-state index < -0.39 is 7.92 Å². The van der Waals surface area contributed by atoms with Crippen LogP contribution in [0.4, 0.5) is 0 Å². The van der Waals surface area contributed by atoms with Gasteiger partial charge in [-0.15, -0.1) is 0 Å². The molecule has 0 saturated heterocycles. The Labute approximate surface area is 146 Å². The normalized spacial score (nSPS) is 13.6. The maximum absolute atomic E-state index is 3.50. The van der Waals surface area contributed by atoms with E-state index in [2.05, 4.69) is 110 Å². The fraction of sp³-hybridized carbons (Fsp3) is 0.182. The first-order valence-corrected chi connectivity index (χ1v) is 9.84. The summed E-state index contributed by atoms with van der Waals surface area (Å²) in [7, 11) is 1.56. The topological polar surface area (TPSA) is 12.0 Å². The molecule has 0 amide bonds. The van der Waals surface area contributed by atoms with Gasteiger partial charge < -0.3 is 5.32 Å². The largest absolute Gasteiger partial charge is 0.316 e. The smallest absolute Gasteiger partial charge is 0.0273 e. The zero-order valence-electron chi connectivity index (χ0n) is 14.3. The summed E-state index contributed by atoms with van der Waals surface area (Å²) in [4.78, 5) is 0. The lowest BCUT2D eigenvalue weighted by Gasteiger charge is -2.33. The number of rotatable bonds is 6. The SMILES string of the molecule is CN[C@H](C)[C@@H](c1ccccc1)P(c1ccccc1)c1ccccc1. The second kappa shape index (κ2) is 8.24. The first-order valence-electron chi connectivity index (χ1n) is 8.43. The van der Waals surface area contributed by atoms with Gasteiger partial charge in [0, 0.05) is 11.7 Å². The average Bonchev–Trinajstić information content (AvgIpc) is 2.67. The van der Waals surface area contributed by atoms with Crippen molar-refractivity contribution in [3.8, 4) is 0 Å². The van der Waals surface area contributed by atoms with E-state index >= 15 is 0 Å². The molecule has 1 nitrogen and oxygen atoms in total. The van der Waals surface area contributed by atoms with Gasteiger partial charge in [0.1, 0.15) is 0 Å². The van der Waals surface area contributed by atoms with Gasteiger partial charge in [-0.25, -0.2) is 0 Å². The van der Waals surface area contributed by atoms with Crippen LogP contribution in [0.2, 0.25) is 0 Å².